The van der Waals surface area contributed by atoms with E-state index in [1.54, 1.807) is 12.1 Å². The van der Waals surface area contributed by atoms with Gasteiger partial charge in [0.2, 0.25) is 10.0 Å². The molecular weight excluding hydrogens is 306 g/mol. The minimum Gasteiger partial charge on any atom is -0.207 e. The van der Waals surface area contributed by atoms with E-state index in [2.05, 4.69) is 4.72 Å². The highest BCUT2D eigenvalue weighted by molar-refractivity contribution is 7.89. The summed E-state index contributed by atoms with van der Waals surface area (Å²) < 4.78 is 27.8. The van der Waals surface area contributed by atoms with Crippen LogP contribution in [0.5, 0.6) is 0 Å². The quantitative estimate of drug-likeness (QED) is 0.829. The first-order chi connectivity index (χ1) is 11.0. The molecule has 4 heteroatoms. The van der Waals surface area contributed by atoms with Crippen LogP contribution in [0.3, 0.4) is 0 Å². The average Bonchev–Trinajstić information content (AvgIpc) is 2.54. The summed E-state index contributed by atoms with van der Waals surface area (Å²) >= 11 is 0. The first-order valence-electron chi connectivity index (χ1n) is 7.83. The number of hydrogen-bond acceptors (Lipinski definition) is 2. The van der Waals surface area contributed by atoms with E-state index in [9.17, 15) is 8.42 Å². The molecule has 0 saturated heterocycles. The van der Waals surface area contributed by atoms with Gasteiger partial charge in [-0.15, -0.1) is 0 Å². The molecule has 1 atom stereocenters. The van der Waals surface area contributed by atoms with Gasteiger partial charge in [-0.3, -0.25) is 0 Å². The topological polar surface area (TPSA) is 46.2 Å². The van der Waals surface area contributed by atoms with Gasteiger partial charge in [0.1, 0.15) is 0 Å². The number of sulfonamides is 1. The highest BCUT2D eigenvalue weighted by Gasteiger charge is 2.17. The Hall–Kier alpha value is -1.91. The molecule has 0 heterocycles. The van der Waals surface area contributed by atoms with E-state index in [1.807, 2.05) is 68.5 Å². The Kier molecular flexibility index (Phi) is 6.13. The molecule has 0 saturated carbocycles. The largest absolute Gasteiger partial charge is 0.241 e. The summed E-state index contributed by atoms with van der Waals surface area (Å²) in [4.78, 5) is 0.303. The first kappa shape index (κ1) is 17.4. The molecule has 0 bridgehead atoms. The van der Waals surface area contributed by atoms with Gasteiger partial charge in [0.25, 0.3) is 0 Å². The zero-order valence-electron chi connectivity index (χ0n) is 13.6. The van der Waals surface area contributed by atoms with Crippen molar-refractivity contribution in [2.24, 2.45) is 0 Å². The Morgan fingerprint density at radius 1 is 1.04 bits per heavy atom. The van der Waals surface area contributed by atoms with E-state index < -0.39 is 10.0 Å². The van der Waals surface area contributed by atoms with Crippen LogP contribution in [0.15, 0.2) is 65.6 Å². The fourth-order valence-corrected chi connectivity index (χ4v) is 3.51. The molecule has 0 aromatic heterocycles. The monoisotopic (exact) mass is 329 g/mol. The molecule has 2 aromatic carbocycles. The second kappa shape index (κ2) is 8.09. The second-order valence-electron chi connectivity index (χ2n) is 5.60. The molecule has 23 heavy (non-hydrogen) atoms. The zero-order valence-corrected chi connectivity index (χ0v) is 14.4. The molecule has 0 amide bonds. The number of benzene rings is 2. The number of hydrogen-bond donors (Lipinski definition) is 1. The van der Waals surface area contributed by atoms with Gasteiger partial charge < -0.3 is 0 Å². The lowest BCUT2D eigenvalue weighted by Gasteiger charge is -2.15. The smallest absolute Gasteiger partial charge is 0.207 e. The summed E-state index contributed by atoms with van der Waals surface area (Å²) in [6.07, 6.45) is 5.54. The van der Waals surface area contributed by atoms with E-state index in [1.165, 1.54) is 0 Å². The molecule has 0 fully saturated rings. The van der Waals surface area contributed by atoms with E-state index in [0.29, 0.717) is 4.90 Å². The molecule has 0 aliphatic carbocycles. The third-order valence-corrected chi connectivity index (χ3v) is 5.06. The van der Waals surface area contributed by atoms with Crippen molar-refractivity contribution in [2.75, 3.05) is 0 Å². The van der Waals surface area contributed by atoms with Crippen LogP contribution in [0.2, 0.25) is 0 Å². The normalized spacial score (nSPS) is 13.3. The standard InChI is InChI=1S/C19H23NO2S/c1-3-7-18(13-12-17-8-5-4-6-9-17)20-23(21,22)19-14-10-16(2)11-15-19/h4-6,8-15,18,20H,3,7H2,1-2H3/b13-12+/t18-/m1/s1. The van der Waals surface area contributed by atoms with E-state index in [0.717, 1.165) is 24.0 Å². The van der Waals surface area contributed by atoms with E-state index in [4.69, 9.17) is 0 Å². The van der Waals surface area contributed by atoms with Crippen molar-refractivity contribution >= 4 is 16.1 Å². The van der Waals surface area contributed by atoms with E-state index >= 15 is 0 Å². The second-order valence-corrected chi connectivity index (χ2v) is 7.31. The minimum absolute atomic E-state index is 0.216. The minimum atomic E-state index is -3.50. The van der Waals surface area contributed by atoms with Crippen LogP contribution in [-0.4, -0.2) is 14.5 Å². The van der Waals surface area contributed by atoms with Crippen LogP contribution < -0.4 is 4.72 Å². The van der Waals surface area contributed by atoms with Crippen LogP contribution in [0.4, 0.5) is 0 Å². The zero-order chi connectivity index (χ0) is 16.7. The summed E-state index contributed by atoms with van der Waals surface area (Å²) in [5.41, 5.74) is 2.10. The lowest BCUT2D eigenvalue weighted by Crippen LogP contribution is -2.33. The van der Waals surface area contributed by atoms with Crippen molar-refractivity contribution in [3.8, 4) is 0 Å². The first-order valence-corrected chi connectivity index (χ1v) is 9.32. The van der Waals surface area contributed by atoms with Crippen LogP contribution >= 0.6 is 0 Å². The number of aryl methyl sites for hydroxylation is 1. The van der Waals surface area contributed by atoms with Crippen molar-refractivity contribution in [2.45, 2.75) is 37.6 Å². The molecule has 2 aromatic rings. The van der Waals surface area contributed by atoms with Crippen LogP contribution in [-0.2, 0) is 10.0 Å². The summed E-state index contributed by atoms with van der Waals surface area (Å²) in [5, 5.41) is 0. The molecule has 0 unspecified atom stereocenters. The molecule has 0 radical (unpaired) electrons. The highest BCUT2D eigenvalue weighted by Crippen LogP contribution is 2.13. The van der Waals surface area contributed by atoms with Gasteiger partial charge in [-0.25, -0.2) is 13.1 Å². The third-order valence-electron chi connectivity index (χ3n) is 3.56. The maximum Gasteiger partial charge on any atom is 0.241 e. The fraction of sp³-hybridized carbons (Fsp3) is 0.263. The Morgan fingerprint density at radius 3 is 2.30 bits per heavy atom. The lowest BCUT2D eigenvalue weighted by atomic mass is 10.1. The van der Waals surface area contributed by atoms with Gasteiger partial charge >= 0.3 is 0 Å². The maximum atomic E-state index is 12.5. The summed E-state index contributed by atoms with van der Waals surface area (Å²) in [5.74, 6) is 0. The fourth-order valence-electron chi connectivity index (χ4n) is 2.28. The van der Waals surface area contributed by atoms with Crippen molar-refractivity contribution < 1.29 is 8.42 Å². The van der Waals surface area contributed by atoms with Gasteiger partial charge in [0.15, 0.2) is 0 Å². The van der Waals surface area contributed by atoms with Crippen molar-refractivity contribution in [1.29, 1.82) is 0 Å². The van der Waals surface area contributed by atoms with Crippen molar-refractivity contribution in [3.05, 3.63) is 71.8 Å². The van der Waals surface area contributed by atoms with Crippen LogP contribution in [0.1, 0.15) is 30.9 Å². The van der Waals surface area contributed by atoms with Gasteiger partial charge in [0.05, 0.1) is 4.90 Å². The Labute approximate surface area is 139 Å². The summed E-state index contributed by atoms with van der Waals surface area (Å²) in [6.45, 7) is 3.98. The predicted molar refractivity (Wildman–Crippen MR) is 95.7 cm³/mol. The Bertz CT molecular complexity index is 735. The molecule has 122 valence electrons. The van der Waals surface area contributed by atoms with E-state index in [-0.39, 0.29) is 6.04 Å². The molecule has 0 spiro atoms. The predicted octanol–water partition coefficient (Wildman–Crippen LogP) is 4.16. The number of rotatable bonds is 7. The van der Waals surface area contributed by atoms with Crippen LogP contribution in [0.25, 0.3) is 6.08 Å². The summed E-state index contributed by atoms with van der Waals surface area (Å²) in [7, 11) is -3.50. The SMILES string of the molecule is CCC[C@H](/C=C/c1ccccc1)NS(=O)(=O)c1ccc(C)cc1. The molecule has 1 N–H and O–H groups in total. The third kappa shape index (κ3) is 5.34. The Balaban J connectivity index is 2.15. The molecule has 0 aliphatic heterocycles. The maximum absolute atomic E-state index is 12.5. The Morgan fingerprint density at radius 2 is 1.70 bits per heavy atom. The number of nitrogens with one attached hydrogen (secondary N) is 1. The highest BCUT2D eigenvalue weighted by atomic mass is 32.2. The van der Waals surface area contributed by atoms with Crippen molar-refractivity contribution in [3.63, 3.8) is 0 Å². The van der Waals surface area contributed by atoms with Gasteiger partial charge in [-0.1, -0.05) is 73.5 Å². The molecule has 2 rings (SSSR count). The van der Waals surface area contributed by atoms with Gasteiger partial charge in [0, 0.05) is 6.04 Å². The van der Waals surface area contributed by atoms with Crippen LogP contribution in [0, 0.1) is 6.92 Å². The molecule has 3 nitrogen and oxygen atoms in total. The molecular formula is C19H23NO2S. The van der Waals surface area contributed by atoms with Gasteiger partial charge in [-0.2, -0.15) is 0 Å². The summed E-state index contributed by atoms with van der Waals surface area (Å²) in [6, 6.07) is 16.6. The van der Waals surface area contributed by atoms with Crippen molar-refractivity contribution in [1.82, 2.24) is 4.72 Å². The lowest BCUT2D eigenvalue weighted by molar-refractivity contribution is 0.561. The van der Waals surface area contributed by atoms with Gasteiger partial charge in [-0.05, 0) is 31.0 Å². The average molecular weight is 329 g/mol. The molecule has 0 aliphatic rings.